The van der Waals surface area contributed by atoms with Gasteiger partial charge in [0.1, 0.15) is 12.3 Å². The summed E-state index contributed by atoms with van der Waals surface area (Å²) in [5.74, 6) is 1.19. The van der Waals surface area contributed by atoms with Gasteiger partial charge in [-0.1, -0.05) is 59.6 Å². The molecule has 0 heterocycles. The Morgan fingerprint density at radius 2 is 1.74 bits per heavy atom. The Bertz CT molecular complexity index is 1220. The highest BCUT2D eigenvalue weighted by Gasteiger charge is 2.29. The number of hydrogen-bond donors (Lipinski definition) is 1. The highest BCUT2D eigenvalue weighted by molar-refractivity contribution is 7.98. The first-order valence-corrected chi connectivity index (χ1v) is 13.7. The summed E-state index contributed by atoms with van der Waals surface area (Å²) in [6.45, 7) is -0.0526. The predicted molar refractivity (Wildman–Crippen MR) is 140 cm³/mol. The summed E-state index contributed by atoms with van der Waals surface area (Å²) in [7, 11) is -2.63. The number of amides is 1. The zero-order chi connectivity index (χ0) is 24.6. The number of nitrogens with one attached hydrogen (secondary N) is 1. The molecule has 1 amide bonds. The van der Waals surface area contributed by atoms with Crippen LogP contribution in [0.4, 0.5) is 5.69 Å². The number of rotatable bonds is 11. The highest BCUT2D eigenvalue weighted by Crippen LogP contribution is 2.34. The molecule has 10 heteroatoms. The topological polar surface area (TPSA) is 75.7 Å². The van der Waals surface area contributed by atoms with Crippen molar-refractivity contribution in [3.05, 3.63) is 88.4 Å². The van der Waals surface area contributed by atoms with Gasteiger partial charge in [-0.2, -0.15) is 11.8 Å². The maximum absolute atomic E-state index is 13.4. The molecule has 3 aromatic rings. The molecule has 3 aromatic carbocycles. The Balaban J connectivity index is 1.71. The molecule has 0 saturated carbocycles. The van der Waals surface area contributed by atoms with Gasteiger partial charge < -0.3 is 10.1 Å². The predicted octanol–water partition coefficient (Wildman–Crippen LogP) is 5.25. The monoisotopic (exact) mass is 538 g/mol. The Hall–Kier alpha value is -2.39. The first kappa shape index (κ1) is 26.2. The molecular formula is C24H24Cl2N2O4S2. The normalized spacial score (nSPS) is 11.1. The first-order chi connectivity index (χ1) is 16.3. The second kappa shape index (κ2) is 12.4. The number of methoxy groups -OCH3 is 1. The molecule has 180 valence electrons. The SMILES string of the molecule is COc1ccc(Cl)cc1N(CC(=O)NCCSCc1ccccc1Cl)S(=O)(=O)c1ccccc1. The number of anilines is 1. The van der Waals surface area contributed by atoms with Crippen LogP contribution in [0, 0.1) is 0 Å². The van der Waals surface area contributed by atoms with E-state index in [1.807, 2.05) is 24.3 Å². The van der Waals surface area contributed by atoms with Crippen molar-refractivity contribution in [1.82, 2.24) is 5.32 Å². The smallest absolute Gasteiger partial charge is 0.264 e. The number of thioether (sulfide) groups is 1. The van der Waals surface area contributed by atoms with Crippen molar-refractivity contribution in [2.24, 2.45) is 0 Å². The molecule has 1 N–H and O–H groups in total. The van der Waals surface area contributed by atoms with Crippen molar-refractivity contribution >= 4 is 56.6 Å². The van der Waals surface area contributed by atoms with Gasteiger partial charge in [0, 0.05) is 28.1 Å². The van der Waals surface area contributed by atoms with Gasteiger partial charge in [0.2, 0.25) is 5.91 Å². The fourth-order valence-corrected chi connectivity index (χ4v) is 5.88. The molecule has 0 atom stereocenters. The van der Waals surface area contributed by atoms with E-state index in [-0.39, 0.29) is 16.3 Å². The maximum atomic E-state index is 13.4. The van der Waals surface area contributed by atoms with Crippen LogP contribution >= 0.6 is 35.0 Å². The molecule has 0 radical (unpaired) electrons. The van der Waals surface area contributed by atoms with Gasteiger partial charge in [-0.05, 0) is 42.0 Å². The Morgan fingerprint density at radius 3 is 2.44 bits per heavy atom. The fraction of sp³-hybridized carbons (Fsp3) is 0.208. The van der Waals surface area contributed by atoms with E-state index in [0.29, 0.717) is 28.1 Å². The van der Waals surface area contributed by atoms with Gasteiger partial charge in [0.05, 0.1) is 17.7 Å². The van der Waals surface area contributed by atoms with Crippen LogP contribution in [0.3, 0.4) is 0 Å². The summed E-state index contributed by atoms with van der Waals surface area (Å²) < 4.78 is 33.2. The average molecular weight is 540 g/mol. The van der Waals surface area contributed by atoms with Crippen LogP contribution in [0.2, 0.25) is 10.0 Å². The number of nitrogens with zero attached hydrogens (tertiary/aromatic N) is 1. The van der Waals surface area contributed by atoms with E-state index < -0.39 is 22.5 Å². The van der Waals surface area contributed by atoms with Gasteiger partial charge in [-0.3, -0.25) is 9.10 Å². The zero-order valence-electron chi connectivity index (χ0n) is 18.4. The molecular weight excluding hydrogens is 515 g/mol. The lowest BCUT2D eigenvalue weighted by Gasteiger charge is -2.25. The van der Waals surface area contributed by atoms with Crippen LogP contribution in [0.25, 0.3) is 0 Å². The van der Waals surface area contributed by atoms with Crippen molar-refractivity contribution in [3.8, 4) is 5.75 Å². The van der Waals surface area contributed by atoms with Gasteiger partial charge in [0.15, 0.2) is 0 Å². The summed E-state index contributed by atoms with van der Waals surface area (Å²) in [6.07, 6.45) is 0. The molecule has 0 unspecified atom stereocenters. The molecule has 0 aliphatic rings. The van der Waals surface area contributed by atoms with E-state index in [1.54, 1.807) is 42.1 Å². The Labute approximate surface area is 214 Å². The molecule has 0 aliphatic heterocycles. The number of benzene rings is 3. The molecule has 0 fully saturated rings. The number of carbonyl (C=O) groups excluding carboxylic acids is 1. The third-order valence-electron chi connectivity index (χ3n) is 4.81. The van der Waals surface area contributed by atoms with E-state index in [4.69, 9.17) is 27.9 Å². The molecule has 3 rings (SSSR count). The molecule has 0 spiro atoms. The van der Waals surface area contributed by atoms with Crippen LogP contribution in [0.1, 0.15) is 5.56 Å². The van der Waals surface area contributed by atoms with E-state index in [0.717, 1.165) is 9.87 Å². The van der Waals surface area contributed by atoms with Crippen LogP contribution in [-0.2, 0) is 20.6 Å². The van der Waals surface area contributed by atoms with Crippen LogP contribution in [0.5, 0.6) is 5.75 Å². The summed E-state index contributed by atoms with van der Waals surface area (Å²) in [6, 6.07) is 20.1. The van der Waals surface area contributed by atoms with Crippen molar-refractivity contribution < 1.29 is 17.9 Å². The summed E-state index contributed by atoms with van der Waals surface area (Å²) in [4.78, 5) is 12.8. The molecule has 0 saturated heterocycles. The second-order valence-corrected chi connectivity index (χ2v) is 10.9. The standard InChI is InChI=1S/C24H24Cl2N2O4S2/c1-32-23-12-11-19(25)15-22(23)28(34(30,31)20-8-3-2-4-9-20)16-24(29)27-13-14-33-17-18-7-5-6-10-21(18)26/h2-12,15H,13-14,16-17H2,1H3,(H,27,29). The van der Waals surface area contributed by atoms with Crippen LogP contribution in [0.15, 0.2) is 77.7 Å². The van der Waals surface area contributed by atoms with Crippen molar-refractivity contribution in [2.75, 3.05) is 30.3 Å². The zero-order valence-corrected chi connectivity index (χ0v) is 21.6. The first-order valence-electron chi connectivity index (χ1n) is 10.3. The van der Waals surface area contributed by atoms with Gasteiger partial charge in [-0.15, -0.1) is 0 Å². The molecule has 0 aromatic heterocycles. The summed E-state index contributed by atoms with van der Waals surface area (Å²) >= 11 is 13.9. The quantitative estimate of drug-likeness (QED) is 0.337. The van der Waals surface area contributed by atoms with Gasteiger partial charge in [-0.25, -0.2) is 8.42 Å². The molecule has 0 aliphatic carbocycles. The van der Waals surface area contributed by atoms with E-state index in [1.165, 1.54) is 25.3 Å². The van der Waals surface area contributed by atoms with E-state index in [9.17, 15) is 13.2 Å². The lowest BCUT2D eigenvalue weighted by Crippen LogP contribution is -2.41. The van der Waals surface area contributed by atoms with Crippen molar-refractivity contribution in [3.63, 3.8) is 0 Å². The molecule has 6 nitrogen and oxygen atoms in total. The maximum Gasteiger partial charge on any atom is 0.264 e. The Morgan fingerprint density at radius 1 is 1.03 bits per heavy atom. The number of hydrogen-bond acceptors (Lipinski definition) is 5. The summed E-state index contributed by atoms with van der Waals surface area (Å²) in [5.41, 5.74) is 1.20. The van der Waals surface area contributed by atoms with Gasteiger partial charge >= 0.3 is 0 Å². The number of carbonyl (C=O) groups is 1. The Kier molecular flexibility index (Phi) is 9.53. The molecule has 0 bridgehead atoms. The third-order valence-corrected chi connectivity index (χ3v) is 8.20. The second-order valence-electron chi connectivity index (χ2n) is 7.13. The highest BCUT2D eigenvalue weighted by atomic mass is 35.5. The minimum atomic E-state index is -4.06. The minimum Gasteiger partial charge on any atom is -0.495 e. The molecule has 34 heavy (non-hydrogen) atoms. The van der Waals surface area contributed by atoms with E-state index >= 15 is 0 Å². The van der Waals surface area contributed by atoms with Crippen molar-refractivity contribution in [2.45, 2.75) is 10.6 Å². The van der Waals surface area contributed by atoms with Crippen molar-refractivity contribution in [1.29, 1.82) is 0 Å². The third kappa shape index (κ3) is 6.82. The average Bonchev–Trinajstić information content (AvgIpc) is 2.84. The minimum absolute atomic E-state index is 0.0557. The lowest BCUT2D eigenvalue weighted by atomic mass is 10.2. The van der Waals surface area contributed by atoms with Crippen LogP contribution < -0.4 is 14.4 Å². The van der Waals surface area contributed by atoms with Gasteiger partial charge in [0.25, 0.3) is 10.0 Å². The number of sulfonamides is 1. The largest absolute Gasteiger partial charge is 0.495 e. The fourth-order valence-electron chi connectivity index (χ4n) is 3.12. The van der Waals surface area contributed by atoms with Crippen LogP contribution in [-0.4, -0.2) is 40.3 Å². The van der Waals surface area contributed by atoms with E-state index in [2.05, 4.69) is 5.32 Å². The number of ether oxygens (including phenoxy) is 1. The number of halogens is 2. The lowest BCUT2D eigenvalue weighted by molar-refractivity contribution is -0.119. The summed E-state index contributed by atoms with van der Waals surface area (Å²) in [5, 5.41) is 3.81.